The first-order valence-corrected chi connectivity index (χ1v) is 34.2. The lowest BCUT2D eigenvalue weighted by molar-refractivity contribution is -0.302. The van der Waals surface area contributed by atoms with Crippen molar-refractivity contribution in [2.24, 2.45) is 0 Å². The summed E-state index contributed by atoms with van der Waals surface area (Å²) in [6, 6.07) is -0.854. The molecule has 482 valence electrons. The average Bonchev–Trinajstić information content (AvgIpc) is 3.57. The van der Waals surface area contributed by atoms with Gasteiger partial charge in [0.05, 0.1) is 25.4 Å². The van der Waals surface area contributed by atoms with Gasteiger partial charge in [-0.3, -0.25) is 4.79 Å². The van der Waals surface area contributed by atoms with E-state index in [1.54, 1.807) is 6.08 Å². The van der Waals surface area contributed by atoms with E-state index in [0.29, 0.717) is 6.42 Å². The SMILES string of the molecule is CC/C=C\C/C=C\C/C=C\C/C=C\C/C=C\C/C=C\C/C=C\C/C=C\C/C=C\C/C=C\C/C=C\CCCCCC(=O)NC(COC1OC(CO)C(O)C(O)C1O)C(O)/C=C/CC/C=C/CCCCCCCCCCCCCCCCCCCCC. The van der Waals surface area contributed by atoms with Crippen molar-refractivity contribution in [1.29, 1.82) is 0 Å². The fourth-order valence-electron chi connectivity index (χ4n) is 9.77. The zero-order valence-corrected chi connectivity index (χ0v) is 53.8. The maximum atomic E-state index is 13.1. The van der Waals surface area contributed by atoms with Gasteiger partial charge < -0.3 is 40.3 Å². The third kappa shape index (κ3) is 51.6. The van der Waals surface area contributed by atoms with Crippen molar-refractivity contribution in [3.8, 4) is 0 Å². The molecule has 1 fully saturated rings. The maximum absolute atomic E-state index is 13.1. The Balaban J connectivity index is 2.24. The molecule has 1 rings (SSSR count). The van der Waals surface area contributed by atoms with Crippen LogP contribution in [0, 0.1) is 0 Å². The van der Waals surface area contributed by atoms with Crippen LogP contribution in [0.1, 0.15) is 258 Å². The molecule has 1 amide bonds. The third-order valence-electron chi connectivity index (χ3n) is 15.1. The van der Waals surface area contributed by atoms with Gasteiger partial charge in [-0.25, -0.2) is 0 Å². The van der Waals surface area contributed by atoms with E-state index in [1.807, 2.05) is 6.08 Å². The van der Waals surface area contributed by atoms with Gasteiger partial charge in [-0.2, -0.15) is 0 Å². The number of rotatable bonds is 57. The molecular weight excluding hydrogens is 1050 g/mol. The van der Waals surface area contributed by atoms with Gasteiger partial charge in [-0.1, -0.05) is 294 Å². The fraction of sp³-hybridized carbons (Fsp3) is 0.645. The van der Waals surface area contributed by atoms with Crippen LogP contribution >= 0.6 is 0 Å². The number of hydrogen-bond donors (Lipinski definition) is 6. The summed E-state index contributed by atoms with van der Waals surface area (Å²) in [4.78, 5) is 13.1. The molecule has 0 bridgehead atoms. The molecule has 1 aliphatic rings. The Kier molecular flexibility index (Phi) is 58.3. The molecule has 85 heavy (non-hydrogen) atoms. The van der Waals surface area contributed by atoms with Crippen LogP contribution in [-0.2, 0) is 14.3 Å². The molecule has 9 nitrogen and oxygen atoms in total. The second-order valence-corrected chi connectivity index (χ2v) is 22.9. The Labute approximate surface area is 520 Å². The smallest absolute Gasteiger partial charge is 0.220 e. The third-order valence-corrected chi connectivity index (χ3v) is 15.1. The fourth-order valence-corrected chi connectivity index (χ4v) is 9.77. The summed E-state index contributed by atoms with van der Waals surface area (Å²) in [6.07, 6.45) is 91.9. The van der Waals surface area contributed by atoms with Crippen LogP contribution in [0.5, 0.6) is 0 Å². The van der Waals surface area contributed by atoms with Gasteiger partial charge in [0, 0.05) is 6.42 Å². The van der Waals surface area contributed by atoms with E-state index in [2.05, 4.69) is 165 Å². The van der Waals surface area contributed by atoms with Crippen LogP contribution < -0.4 is 5.32 Å². The van der Waals surface area contributed by atoms with Gasteiger partial charge in [-0.05, 0) is 116 Å². The Morgan fingerprint density at radius 3 is 1.13 bits per heavy atom. The minimum absolute atomic E-state index is 0.223. The van der Waals surface area contributed by atoms with E-state index in [9.17, 15) is 30.3 Å². The van der Waals surface area contributed by atoms with Crippen LogP contribution in [0.15, 0.2) is 158 Å². The largest absolute Gasteiger partial charge is 0.394 e. The Hall–Kier alpha value is -4.19. The van der Waals surface area contributed by atoms with Crippen LogP contribution in [0.2, 0.25) is 0 Å². The second-order valence-electron chi connectivity index (χ2n) is 22.9. The molecule has 1 saturated heterocycles. The van der Waals surface area contributed by atoms with E-state index < -0.39 is 49.5 Å². The summed E-state index contributed by atoms with van der Waals surface area (Å²) >= 11 is 0. The lowest BCUT2D eigenvalue weighted by Gasteiger charge is -2.40. The predicted octanol–water partition coefficient (Wildman–Crippen LogP) is 18.7. The molecule has 7 unspecified atom stereocenters. The van der Waals surface area contributed by atoms with E-state index in [1.165, 1.54) is 122 Å². The lowest BCUT2D eigenvalue weighted by Crippen LogP contribution is -2.60. The standard InChI is InChI=1S/C76H125NO8/c1-3-5-7-9-11-13-15-17-19-21-23-25-27-29-30-31-32-33-34-35-36-37-38-39-40-42-44-46-48-50-52-54-56-58-60-62-64-66-72(80)77-69(68-84-76-75(83)74(82)73(81)71(67-78)85-76)70(79)65-63-61-59-57-55-53-51-49-47-45-43-41-28-26-24-22-20-18-16-14-12-10-8-6-4-2/h5,7,11,13,17,19,23,25,29-30,32-33,35-36,38-39,42,44,48,50,54-57,63,65,69-71,73-76,78-79,81-83H,3-4,6,8-10,12,14-16,18,20-22,24,26-28,31,34,37,40-41,43,45-47,49,51-53,58-62,64,66-68H2,1-2H3,(H,77,80)/b7-5-,13-11-,19-17-,25-23-,30-29-,33-32-,36-35-,39-38-,44-42-,50-48-,56-54-,57-55+,65-63+. The number of carbonyl (C=O) groups is 1. The maximum Gasteiger partial charge on any atom is 0.220 e. The molecule has 1 aliphatic heterocycles. The topological polar surface area (TPSA) is 149 Å². The zero-order chi connectivity index (χ0) is 61.4. The van der Waals surface area contributed by atoms with Gasteiger partial charge in [0.2, 0.25) is 5.91 Å². The van der Waals surface area contributed by atoms with Crippen molar-refractivity contribution in [2.75, 3.05) is 13.2 Å². The Morgan fingerprint density at radius 1 is 0.412 bits per heavy atom. The van der Waals surface area contributed by atoms with E-state index in [0.717, 1.165) is 109 Å². The van der Waals surface area contributed by atoms with E-state index in [-0.39, 0.29) is 18.9 Å². The van der Waals surface area contributed by atoms with Crippen LogP contribution in [0.3, 0.4) is 0 Å². The molecule has 0 saturated carbocycles. The molecular formula is C76H125NO8. The minimum Gasteiger partial charge on any atom is -0.394 e. The number of ether oxygens (including phenoxy) is 2. The highest BCUT2D eigenvalue weighted by molar-refractivity contribution is 5.76. The Bertz CT molecular complexity index is 1900. The van der Waals surface area contributed by atoms with Crippen molar-refractivity contribution in [1.82, 2.24) is 5.32 Å². The molecule has 7 atom stereocenters. The number of amides is 1. The van der Waals surface area contributed by atoms with Gasteiger partial charge in [-0.15, -0.1) is 0 Å². The summed E-state index contributed by atoms with van der Waals surface area (Å²) in [7, 11) is 0. The predicted molar refractivity (Wildman–Crippen MR) is 363 cm³/mol. The van der Waals surface area contributed by atoms with Crippen molar-refractivity contribution in [2.45, 2.75) is 301 Å². The first kappa shape index (κ1) is 78.8. The number of aliphatic hydroxyl groups excluding tert-OH is 5. The van der Waals surface area contributed by atoms with Gasteiger partial charge >= 0.3 is 0 Å². The van der Waals surface area contributed by atoms with E-state index in [4.69, 9.17) is 9.47 Å². The molecule has 6 N–H and O–H groups in total. The number of carbonyl (C=O) groups excluding carboxylic acids is 1. The van der Waals surface area contributed by atoms with Crippen molar-refractivity contribution in [3.05, 3.63) is 158 Å². The summed E-state index contributed by atoms with van der Waals surface area (Å²) in [5.41, 5.74) is 0. The molecule has 9 heteroatoms. The normalized spacial score (nSPS) is 19.2. The molecule has 0 spiro atoms. The summed E-state index contributed by atoms with van der Waals surface area (Å²) < 4.78 is 11.3. The number of nitrogens with one attached hydrogen (secondary N) is 1. The first-order valence-electron chi connectivity index (χ1n) is 34.2. The first-order chi connectivity index (χ1) is 41.8. The van der Waals surface area contributed by atoms with Crippen LogP contribution in [0.4, 0.5) is 0 Å². The lowest BCUT2D eigenvalue weighted by atomic mass is 9.99. The van der Waals surface area contributed by atoms with Crippen LogP contribution in [-0.4, -0.2) is 87.5 Å². The summed E-state index contributed by atoms with van der Waals surface area (Å²) in [6.45, 7) is 3.64. The number of allylic oxidation sites excluding steroid dienone is 25. The highest BCUT2D eigenvalue weighted by Gasteiger charge is 2.44. The Morgan fingerprint density at radius 2 is 0.741 bits per heavy atom. The molecule has 0 radical (unpaired) electrons. The van der Waals surface area contributed by atoms with Gasteiger partial charge in [0.25, 0.3) is 0 Å². The molecule has 0 aromatic carbocycles. The monoisotopic (exact) mass is 1180 g/mol. The number of hydrogen-bond acceptors (Lipinski definition) is 8. The van der Waals surface area contributed by atoms with Gasteiger partial charge in [0.1, 0.15) is 24.4 Å². The minimum atomic E-state index is -1.59. The summed E-state index contributed by atoms with van der Waals surface area (Å²) in [5.74, 6) is -0.223. The number of unbranched alkanes of at least 4 members (excludes halogenated alkanes) is 23. The molecule has 0 aliphatic carbocycles. The highest BCUT2D eigenvalue weighted by Crippen LogP contribution is 2.23. The molecule has 0 aromatic rings. The van der Waals surface area contributed by atoms with Crippen molar-refractivity contribution < 1.29 is 39.8 Å². The number of aliphatic hydroxyl groups is 5. The molecule has 1 heterocycles. The van der Waals surface area contributed by atoms with E-state index >= 15 is 0 Å². The van der Waals surface area contributed by atoms with Crippen molar-refractivity contribution >= 4 is 5.91 Å². The average molecular weight is 1180 g/mol. The summed E-state index contributed by atoms with van der Waals surface area (Å²) in [5, 5.41) is 54.7. The quantitative estimate of drug-likeness (QED) is 0.0261. The zero-order valence-electron chi connectivity index (χ0n) is 53.8. The second kappa shape index (κ2) is 62.8. The molecule has 0 aromatic heterocycles. The highest BCUT2D eigenvalue weighted by atomic mass is 16.7. The van der Waals surface area contributed by atoms with Crippen molar-refractivity contribution in [3.63, 3.8) is 0 Å². The van der Waals surface area contributed by atoms with Gasteiger partial charge in [0.15, 0.2) is 6.29 Å². The van der Waals surface area contributed by atoms with Crippen LogP contribution in [0.25, 0.3) is 0 Å².